The Kier molecular flexibility index (Phi) is 5.13. The first-order valence-electron chi connectivity index (χ1n) is 11.0. The second-order valence-electron chi connectivity index (χ2n) is 8.65. The lowest BCUT2D eigenvalue weighted by Gasteiger charge is -2.52. The van der Waals surface area contributed by atoms with Crippen molar-refractivity contribution < 1.29 is 5.11 Å². The van der Waals surface area contributed by atoms with Gasteiger partial charge in [-0.05, 0) is 29.8 Å². The number of benzene rings is 2. The average molecular weight is 406 g/mol. The van der Waals surface area contributed by atoms with Crippen molar-refractivity contribution in [2.24, 2.45) is 4.99 Å². The van der Waals surface area contributed by atoms with Gasteiger partial charge in [0.05, 0.1) is 13.2 Å². The molecule has 3 aliphatic heterocycles. The molecule has 6 nitrogen and oxygen atoms in total. The Morgan fingerprint density at radius 1 is 1.07 bits per heavy atom. The molecule has 3 aliphatic rings. The second-order valence-corrected chi connectivity index (χ2v) is 8.65. The van der Waals surface area contributed by atoms with E-state index in [1.807, 2.05) is 7.05 Å². The number of amidine groups is 1. The number of anilines is 2. The van der Waals surface area contributed by atoms with Gasteiger partial charge in [-0.1, -0.05) is 24.3 Å². The van der Waals surface area contributed by atoms with Crippen LogP contribution >= 0.6 is 0 Å². The van der Waals surface area contributed by atoms with Gasteiger partial charge in [0.2, 0.25) is 0 Å². The van der Waals surface area contributed by atoms with Crippen LogP contribution in [0.25, 0.3) is 0 Å². The summed E-state index contributed by atoms with van der Waals surface area (Å²) in [5.74, 6) is 1.18. The van der Waals surface area contributed by atoms with E-state index in [1.165, 1.54) is 22.6 Å². The summed E-state index contributed by atoms with van der Waals surface area (Å²) in [6.45, 7) is 5.88. The fourth-order valence-electron chi connectivity index (χ4n) is 5.07. The number of nitrogens with one attached hydrogen (secondary N) is 1. The van der Waals surface area contributed by atoms with Crippen molar-refractivity contribution in [1.82, 2.24) is 9.80 Å². The van der Waals surface area contributed by atoms with Crippen LogP contribution in [0.15, 0.2) is 53.5 Å². The van der Waals surface area contributed by atoms with Crippen LogP contribution in [0.2, 0.25) is 0 Å². The molecule has 0 aromatic heterocycles. The molecule has 0 saturated carbocycles. The minimum absolute atomic E-state index is 0.00293. The quantitative estimate of drug-likeness (QED) is 0.801. The van der Waals surface area contributed by atoms with Gasteiger partial charge in [0, 0.05) is 69.6 Å². The SMILES string of the molecule is CN(CCO)c1ccc(CN2CCC3(CC2)Nc2ccccc2C2=NCCN23)cc1. The maximum absolute atomic E-state index is 9.12. The van der Waals surface area contributed by atoms with Crippen molar-refractivity contribution in [3.8, 4) is 0 Å². The number of likely N-dealkylation sites (N-methyl/N-ethyl adjacent to an activating group) is 1. The normalized spacial score (nSPS) is 19.8. The maximum Gasteiger partial charge on any atom is 0.134 e. The highest BCUT2D eigenvalue weighted by molar-refractivity contribution is 6.06. The smallest absolute Gasteiger partial charge is 0.134 e. The second kappa shape index (κ2) is 7.93. The van der Waals surface area contributed by atoms with E-state index in [1.54, 1.807) is 0 Å². The first-order valence-corrected chi connectivity index (χ1v) is 11.0. The lowest BCUT2D eigenvalue weighted by atomic mass is 9.90. The van der Waals surface area contributed by atoms with Gasteiger partial charge in [-0.25, -0.2) is 0 Å². The predicted molar refractivity (Wildman–Crippen MR) is 122 cm³/mol. The molecule has 0 unspecified atom stereocenters. The molecule has 158 valence electrons. The molecule has 3 heterocycles. The van der Waals surface area contributed by atoms with Crippen LogP contribution in [0.4, 0.5) is 11.4 Å². The first kappa shape index (κ1) is 19.4. The maximum atomic E-state index is 9.12. The largest absolute Gasteiger partial charge is 0.395 e. The van der Waals surface area contributed by atoms with Gasteiger partial charge in [-0.15, -0.1) is 0 Å². The summed E-state index contributed by atoms with van der Waals surface area (Å²) >= 11 is 0. The Balaban J connectivity index is 1.25. The zero-order chi connectivity index (χ0) is 20.6. The molecular formula is C24H31N5O. The summed E-state index contributed by atoms with van der Waals surface area (Å²) < 4.78 is 0. The molecule has 1 spiro atoms. The number of piperidine rings is 1. The Morgan fingerprint density at radius 2 is 1.83 bits per heavy atom. The fraction of sp³-hybridized carbons (Fsp3) is 0.458. The van der Waals surface area contributed by atoms with Gasteiger partial charge < -0.3 is 20.2 Å². The van der Waals surface area contributed by atoms with Gasteiger partial charge in [0.1, 0.15) is 11.5 Å². The number of hydrogen-bond donors (Lipinski definition) is 2. The highest BCUT2D eigenvalue weighted by Crippen LogP contribution is 2.39. The third kappa shape index (κ3) is 3.44. The standard InChI is InChI=1S/C24H31N5O/c1-27(16-17-30)20-8-6-19(7-9-20)18-28-13-10-24(11-14-28)26-22-5-3-2-4-21(22)23-25-12-15-29(23)24/h2-9,26,30H,10-18H2,1H3. The number of rotatable bonds is 5. The molecule has 0 bridgehead atoms. The molecular weight excluding hydrogens is 374 g/mol. The van der Waals surface area contributed by atoms with Crippen LogP contribution in [0.3, 0.4) is 0 Å². The number of aliphatic hydroxyl groups is 1. The van der Waals surface area contributed by atoms with E-state index < -0.39 is 0 Å². The van der Waals surface area contributed by atoms with Gasteiger partial charge in [-0.3, -0.25) is 9.89 Å². The molecule has 1 saturated heterocycles. The van der Waals surface area contributed by atoms with Crippen molar-refractivity contribution in [3.05, 3.63) is 59.7 Å². The van der Waals surface area contributed by atoms with E-state index in [0.717, 1.165) is 51.3 Å². The summed E-state index contributed by atoms with van der Waals surface area (Å²) in [5, 5.41) is 13.0. The molecule has 0 aliphatic carbocycles. The molecule has 2 aromatic rings. The minimum atomic E-state index is -0.00293. The molecule has 2 aromatic carbocycles. The number of aliphatic imine (C=N–C) groups is 1. The number of para-hydroxylation sites is 1. The van der Waals surface area contributed by atoms with Crippen LogP contribution in [0.5, 0.6) is 0 Å². The number of hydrogen-bond acceptors (Lipinski definition) is 6. The predicted octanol–water partition coefficient (Wildman–Crippen LogP) is 2.60. The summed E-state index contributed by atoms with van der Waals surface area (Å²) in [6.07, 6.45) is 2.19. The van der Waals surface area contributed by atoms with Gasteiger partial charge >= 0.3 is 0 Å². The third-order valence-corrected chi connectivity index (χ3v) is 6.79. The van der Waals surface area contributed by atoms with E-state index in [-0.39, 0.29) is 12.3 Å². The van der Waals surface area contributed by atoms with Crippen molar-refractivity contribution >= 4 is 17.2 Å². The summed E-state index contributed by atoms with van der Waals surface area (Å²) in [6, 6.07) is 17.3. The van der Waals surface area contributed by atoms with Crippen molar-refractivity contribution in [2.45, 2.75) is 25.0 Å². The number of aliphatic hydroxyl groups excluding tert-OH is 1. The Morgan fingerprint density at radius 3 is 2.60 bits per heavy atom. The zero-order valence-corrected chi connectivity index (χ0v) is 17.7. The molecule has 0 amide bonds. The van der Waals surface area contributed by atoms with E-state index in [4.69, 9.17) is 10.1 Å². The molecule has 1 fully saturated rings. The van der Waals surface area contributed by atoms with E-state index in [9.17, 15) is 0 Å². The zero-order valence-electron chi connectivity index (χ0n) is 17.7. The highest BCUT2D eigenvalue weighted by atomic mass is 16.3. The van der Waals surface area contributed by atoms with Gasteiger partial charge in [0.15, 0.2) is 0 Å². The summed E-state index contributed by atoms with van der Waals surface area (Å²) in [5.41, 5.74) is 4.96. The summed E-state index contributed by atoms with van der Waals surface area (Å²) in [7, 11) is 2.01. The van der Waals surface area contributed by atoms with Gasteiger partial charge in [0.25, 0.3) is 0 Å². The van der Waals surface area contributed by atoms with Crippen LogP contribution in [-0.4, -0.2) is 72.8 Å². The minimum Gasteiger partial charge on any atom is -0.395 e. The fourth-order valence-corrected chi connectivity index (χ4v) is 5.07. The van der Waals surface area contributed by atoms with Crippen LogP contribution in [0, 0.1) is 0 Å². The molecule has 0 atom stereocenters. The Hall–Kier alpha value is -2.57. The number of fused-ring (bicyclic) bond motifs is 4. The number of nitrogens with zero attached hydrogens (tertiary/aromatic N) is 4. The first-order chi connectivity index (χ1) is 14.7. The average Bonchev–Trinajstić information content (AvgIpc) is 3.28. The van der Waals surface area contributed by atoms with Gasteiger partial charge in [-0.2, -0.15) is 0 Å². The van der Waals surface area contributed by atoms with Crippen LogP contribution < -0.4 is 10.2 Å². The molecule has 30 heavy (non-hydrogen) atoms. The molecule has 6 heteroatoms. The van der Waals surface area contributed by atoms with Crippen molar-refractivity contribution in [2.75, 3.05) is 56.6 Å². The monoisotopic (exact) mass is 405 g/mol. The van der Waals surface area contributed by atoms with Crippen molar-refractivity contribution in [3.63, 3.8) is 0 Å². The Bertz CT molecular complexity index is 917. The van der Waals surface area contributed by atoms with Crippen molar-refractivity contribution in [1.29, 1.82) is 0 Å². The molecule has 5 rings (SSSR count). The Labute approximate surface area is 178 Å². The molecule has 0 radical (unpaired) electrons. The van der Waals surface area contributed by atoms with E-state index >= 15 is 0 Å². The third-order valence-electron chi connectivity index (χ3n) is 6.79. The lowest BCUT2D eigenvalue weighted by Crippen LogP contribution is -2.63. The van der Waals surface area contributed by atoms with E-state index in [2.05, 4.69) is 68.5 Å². The van der Waals surface area contributed by atoms with E-state index in [0.29, 0.717) is 6.54 Å². The highest BCUT2D eigenvalue weighted by Gasteiger charge is 2.46. The number of likely N-dealkylation sites (tertiary alicyclic amines) is 1. The lowest BCUT2D eigenvalue weighted by molar-refractivity contribution is 0.0896. The van der Waals surface area contributed by atoms with Crippen LogP contribution in [0.1, 0.15) is 24.0 Å². The van der Waals surface area contributed by atoms with Crippen LogP contribution in [-0.2, 0) is 6.54 Å². The molecule has 2 N–H and O–H groups in total. The topological polar surface area (TPSA) is 54.3 Å². The summed E-state index contributed by atoms with van der Waals surface area (Å²) in [4.78, 5) is 12.0.